The Kier molecular flexibility index (Phi) is 5.41. The number of pyridine rings is 1. The third kappa shape index (κ3) is 4.05. The number of carbonyl (C=O) groups is 1. The SMILES string of the molecule is N#Cc1c(COC(=O)C=Cc2cc(Cl)c3c(c2)OCCCO3)cn2ccccc12. The summed E-state index contributed by atoms with van der Waals surface area (Å²) in [6.45, 7) is 1.11. The van der Waals surface area contributed by atoms with E-state index in [1.807, 2.05) is 28.8 Å². The van der Waals surface area contributed by atoms with Crippen molar-refractivity contribution in [3.8, 4) is 17.6 Å². The van der Waals surface area contributed by atoms with Crippen molar-refractivity contribution in [3.63, 3.8) is 0 Å². The van der Waals surface area contributed by atoms with Crippen LogP contribution in [0.2, 0.25) is 5.02 Å². The molecule has 0 saturated heterocycles. The van der Waals surface area contributed by atoms with Crippen molar-refractivity contribution < 1.29 is 19.0 Å². The van der Waals surface area contributed by atoms with Crippen molar-refractivity contribution in [2.75, 3.05) is 13.2 Å². The number of halogens is 1. The van der Waals surface area contributed by atoms with Crippen LogP contribution in [0.3, 0.4) is 0 Å². The fraction of sp³-hybridized carbons (Fsp3) is 0.182. The van der Waals surface area contributed by atoms with E-state index in [1.165, 1.54) is 6.08 Å². The zero-order chi connectivity index (χ0) is 20.2. The van der Waals surface area contributed by atoms with Gasteiger partial charge in [0.2, 0.25) is 0 Å². The minimum atomic E-state index is -0.521. The molecule has 146 valence electrons. The number of esters is 1. The highest BCUT2D eigenvalue weighted by molar-refractivity contribution is 6.32. The van der Waals surface area contributed by atoms with Crippen LogP contribution >= 0.6 is 11.6 Å². The summed E-state index contributed by atoms with van der Waals surface area (Å²) in [6.07, 6.45) is 7.33. The standard InChI is InChI=1S/C22H17ClN2O4/c23-18-10-15(11-20-22(18)28-9-3-8-27-20)5-6-21(26)29-14-16-13-25-7-2-1-4-19(25)17(16)12-24/h1-2,4-7,10-11,13H,3,8-9,14H2. The van der Waals surface area contributed by atoms with Crippen LogP contribution in [0.1, 0.15) is 23.1 Å². The zero-order valence-corrected chi connectivity index (χ0v) is 16.2. The first-order valence-corrected chi connectivity index (χ1v) is 9.46. The van der Waals surface area contributed by atoms with Gasteiger partial charge in [0.15, 0.2) is 11.5 Å². The third-order valence-corrected chi connectivity index (χ3v) is 4.76. The van der Waals surface area contributed by atoms with Gasteiger partial charge in [-0.2, -0.15) is 5.26 Å². The highest BCUT2D eigenvalue weighted by Gasteiger charge is 2.15. The van der Waals surface area contributed by atoms with Gasteiger partial charge >= 0.3 is 5.97 Å². The lowest BCUT2D eigenvalue weighted by molar-refractivity contribution is -0.138. The molecule has 1 aromatic carbocycles. The van der Waals surface area contributed by atoms with E-state index in [4.69, 9.17) is 25.8 Å². The largest absolute Gasteiger partial charge is 0.489 e. The predicted molar refractivity (Wildman–Crippen MR) is 108 cm³/mol. The number of hydrogen-bond acceptors (Lipinski definition) is 5. The monoisotopic (exact) mass is 408 g/mol. The van der Waals surface area contributed by atoms with Crippen molar-refractivity contribution in [1.82, 2.24) is 4.40 Å². The number of nitrogens with zero attached hydrogens (tertiary/aromatic N) is 2. The molecule has 0 radical (unpaired) electrons. The first-order valence-electron chi connectivity index (χ1n) is 9.08. The molecule has 0 unspecified atom stereocenters. The highest BCUT2D eigenvalue weighted by atomic mass is 35.5. The van der Waals surface area contributed by atoms with Crippen LogP contribution < -0.4 is 9.47 Å². The molecule has 0 atom stereocenters. The van der Waals surface area contributed by atoms with Crippen LogP contribution in [0, 0.1) is 11.3 Å². The minimum absolute atomic E-state index is 0.00957. The average Bonchev–Trinajstić information content (AvgIpc) is 2.90. The maximum absolute atomic E-state index is 12.1. The van der Waals surface area contributed by atoms with Crippen LogP contribution in [0.5, 0.6) is 11.5 Å². The van der Waals surface area contributed by atoms with E-state index in [9.17, 15) is 10.1 Å². The molecule has 1 aliphatic heterocycles. The molecule has 7 heteroatoms. The minimum Gasteiger partial charge on any atom is -0.489 e. The number of hydrogen-bond donors (Lipinski definition) is 0. The van der Waals surface area contributed by atoms with E-state index >= 15 is 0 Å². The molecule has 1 aliphatic rings. The Morgan fingerprint density at radius 1 is 1.31 bits per heavy atom. The summed E-state index contributed by atoms with van der Waals surface area (Å²) in [7, 11) is 0. The average molecular weight is 409 g/mol. The molecular weight excluding hydrogens is 392 g/mol. The number of aromatic nitrogens is 1. The van der Waals surface area contributed by atoms with Gasteiger partial charge in [-0.3, -0.25) is 0 Å². The van der Waals surface area contributed by atoms with Crippen LogP contribution in [-0.4, -0.2) is 23.6 Å². The maximum atomic E-state index is 12.1. The summed E-state index contributed by atoms with van der Waals surface area (Å²) in [5.41, 5.74) is 2.62. The van der Waals surface area contributed by atoms with E-state index < -0.39 is 5.97 Å². The fourth-order valence-corrected chi connectivity index (χ4v) is 3.40. The number of nitriles is 1. The van der Waals surface area contributed by atoms with Gasteiger partial charge in [0, 0.05) is 30.5 Å². The summed E-state index contributed by atoms with van der Waals surface area (Å²) in [4.78, 5) is 12.1. The van der Waals surface area contributed by atoms with Crippen LogP contribution in [-0.2, 0) is 16.1 Å². The number of carbonyl (C=O) groups excluding carboxylic acids is 1. The van der Waals surface area contributed by atoms with Crippen LogP contribution in [0.4, 0.5) is 0 Å². The Bertz CT molecular complexity index is 1140. The van der Waals surface area contributed by atoms with E-state index in [0.717, 1.165) is 11.9 Å². The second-order valence-corrected chi connectivity index (χ2v) is 6.86. The van der Waals surface area contributed by atoms with Gasteiger partial charge in [0.05, 0.1) is 29.3 Å². The van der Waals surface area contributed by atoms with Crippen molar-refractivity contribution in [2.45, 2.75) is 13.0 Å². The van der Waals surface area contributed by atoms with E-state index in [2.05, 4.69) is 6.07 Å². The molecule has 0 fully saturated rings. The molecule has 3 heterocycles. The van der Waals surface area contributed by atoms with Gasteiger partial charge in [-0.25, -0.2) is 4.79 Å². The Hall–Kier alpha value is -3.43. The molecule has 0 aliphatic carbocycles. The smallest absolute Gasteiger partial charge is 0.331 e. The molecule has 0 N–H and O–H groups in total. The van der Waals surface area contributed by atoms with Gasteiger partial charge in [-0.1, -0.05) is 17.7 Å². The Labute approximate surface area is 172 Å². The number of fused-ring (bicyclic) bond motifs is 2. The molecule has 0 amide bonds. The third-order valence-electron chi connectivity index (χ3n) is 4.48. The molecule has 0 bridgehead atoms. The van der Waals surface area contributed by atoms with Gasteiger partial charge in [0.25, 0.3) is 0 Å². The Morgan fingerprint density at radius 2 is 2.17 bits per heavy atom. The van der Waals surface area contributed by atoms with Crippen LogP contribution in [0.25, 0.3) is 11.6 Å². The lowest BCUT2D eigenvalue weighted by Gasteiger charge is -2.09. The molecule has 3 aromatic rings. The fourth-order valence-electron chi connectivity index (χ4n) is 3.12. The first kappa shape index (κ1) is 18.9. The Morgan fingerprint density at radius 3 is 3.03 bits per heavy atom. The number of benzene rings is 1. The van der Waals surface area contributed by atoms with Crippen molar-refractivity contribution in [1.29, 1.82) is 5.26 Å². The molecule has 0 saturated carbocycles. The highest BCUT2D eigenvalue weighted by Crippen LogP contribution is 2.38. The number of ether oxygens (including phenoxy) is 3. The molecule has 4 rings (SSSR count). The van der Waals surface area contributed by atoms with Crippen molar-refractivity contribution in [3.05, 3.63) is 70.5 Å². The normalized spacial score (nSPS) is 13.2. The summed E-state index contributed by atoms with van der Waals surface area (Å²) in [5.74, 6) is 0.559. The van der Waals surface area contributed by atoms with Crippen molar-refractivity contribution >= 4 is 29.2 Å². The summed E-state index contributed by atoms with van der Waals surface area (Å²) >= 11 is 6.26. The quantitative estimate of drug-likeness (QED) is 0.473. The van der Waals surface area contributed by atoms with Gasteiger partial charge < -0.3 is 18.6 Å². The van der Waals surface area contributed by atoms with E-state index in [-0.39, 0.29) is 6.61 Å². The molecular formula is C22H17ClN2O4. The lowest BCUT2D eigenvalue weighted by atomic mass is 10.2. The van der Waals surface area contributed by atoms with Gasteiger partial charge in [-0.15, -0.1) is 0 Å². The van der Waals surface area contributed by atoms with Gasteiger partial charge in [-0.05, 0) is 35.9 Å². The Balaban J connectivity index is 1.45. The summed E-state index contributed by atoms with van der Waals surface area (Å²) in [6, 6.07) is 11.2. The van der Waals surface area contributed by atoms with Gasteiger partial charge in [0.1, 0.15) is 12.7 Å². The number of rotatable bonds is 4. The molecule has 2 aromatic heterocycles. The van der Waals surface area contributed by atoms with Crippen molar-refractivity contribution in [2.24, 2.45) is 0 Å². The lowest BCUT2D eigenvalue weighted by Crippen LogP contribution is -2.01. The summed E-state index contributed by atoms with van der Waals surface area (Å²) < 4.78 is 18.4. The zero-order valence-electron chi connectivity index (χ0n) is 15.4. The predicted octanol–water partition coefficient (Wildman–Crippen LogP) is 4.38. The molecule has 6 nitrogen and oxygen atoms in total. The topological polar surface area (TPSA) is 73.0 Å². The summed E-state index contributed by atoms with van der Waals surface area (Å²) in [5, 5.41) is 9.84. The van der Waals surface area contributed by atoms with Crippen LogP contribution in [0.15, 0.2) is 48.8 Å². The molecule has 29 heavy (non-hydrogen) atoms. The molecule has 0 spiro atoms. The van der Waals surface area contributed by atoms with E-state index in [1.54, 1.807) is 24.4 Å². The second kappa shape index (κ2) is 8.29. The maximum Gasteiger partial charge on any atom is 0.331 e. The second-order valence-electron chi connectivity index (χ2n) is 6.46. The van der Waals surface area contributed by atoms with E-state index in [0.29, 0.717) is 46.4 Å². The first-order chi connectivity index (χ1) is 14.2.